The molecule has 0 bridgehead atoms. The van der Waals surface area contributed by atoms with Crippen molar-refractivity contribution in [3.05, 3.63) is 46.4 Å². The molecule has 1 atom stereocenters. The Morgan fingerprint density at radius 2 is 1.96 bits per heavy atom. The van der Waals surface area contributed by atoms with Gasteiger partial charge in [0.2, 0.25) is 0 Å². The molecule has 1 saturated carbocycles. The number of nitrogens with one attached hydrogen (secondary N) is 1. The number of amides is 1. The van der Waals surface area contributed by atoms with Crippen molar-refractivity contribution in [2.24, 2.45) is 12.5 Å². The molecule has 2 heterocycles. The lowest BCUT2D eigenvalue weighted by Crippen LogP contribution is -2.33. The van der Waals surface area contributed by atoms with Gasteiger partial charge in [0.25, 0.3) is 11.5 Å². The van der Waals surface area contributed by atoms with Gasteiger partial charge >= 0.3 is 0 Å². The predicted molar refractivity (Wildman–Crippen MR) is 87.5 cm³/mol. The number of ether oxygens (including phenoxy) is 1. The maximum absolute atomic E-state index is 12.7. The second-order valence-corrected chi connectivity index (χ2v) is 6.71. The van der Waals surface area contributed by atoms with Crippen molar-refractivity contribution in [1.29, 1.82) is 0 Å². The second kappa shape index (κ2) is 5.20. The van der Waals surface area contributed by atoms with E-state index in [2.05, 4.69) is 5.32 Å². The average molecular weight is 312 g/mol. The summed E-state index contributed by atoms with van der Waals surface area (Å²) in [5, 5.41) is 4.46. The van der Waals surface area contributed by atoms with Gasteiger partial charge in [-0.3, -0.25) is 9.59 Å². The molecule has 5 nitrogen and oxygen atoms in total. The topological polar surface area (TPSA) is 60.3 Å². The Bertz CT molecular complexity index is 834. The molecular weight excluding hydrogens is 292 g/mol. The SMILES string of the molecule is Cn1cc(C(=O)NC2CC23CCOCC3)c2ccccc2c1=O. The van der Waals surface area contributed by atoms with E-state index in [1.807, 2.05) is 18.2 Å². The molecule has 23 heavy (non-hydrogen) atoms. The van der Waals surface area contributed by atoms with E-state index in [1.165, 1.54) is 4.57 Å². The lowest BCUT2D eigenvalue weighted by Gasteiger charge is -2.23. The molecule has 1 unspecified atom stereocenters. The van der Waals surface area contributed by atoms with E-state index < -0.39 is 0 Å². The number of aryl methyl sites for hydroxylation is 1. The Labute approximate surface area is 134 Å². The molecule has 1 aliphatic carbocycles. The first-order chi connectivity index (χ1) is 11.1. The third-order valence-corrected chi connectivity index (χ3v) is 5.32. The predicted octanol–water partition coefficient (Wildman–Crippen LogP) is 1.84. The number of nitrogens with zero attached hydrogens (tertiary/aromatic N) is 1. The van der Waals surface area contributed by atoms with Crippen LogP contribution in [0.5, 0.6) is 0 Å². The Kier molecular flexibility index (Phi) is 3.27. The van der Waals surface area contributed by atoms with Gasteiger partial charge in [0.1, 0.15) is 0 Å². The number of hydrogen-bond acceptors (Lipinski definition) is 3. The summed E-state index contributed by atoms with van der Waals surface area (Å²) in [6.07, 6.45) is 4.71. The number of carbonyl (C=O) groups excluding carboxylic acids is 1. The minimum Gasteiger partial charge on any atom is -0.381 e. The summed E-state index contributed by atoms with van der Waals surface area (Å²) >= 11 is 0. The van der Waals surface area contributed by atoms with E-state index in [0.29, 0.717) is 10.9 Å². The highest BCUT2D eigenvalue weighted by molar-refractivity contribution is 6.06. The Morgan fingerprint density at radius 1 is 1.26 bits per heavy atom. The van der Waals surface area contributed by atoms with Gasteiger partial charge in [0, 0.05) is 43.3 Å². The first-order valence-corrected chi connectivity index (χ1v) is 8.08. The van der Waals surface area contributed by atoms with Crippen LogP contribution in [0.3, 0.4) is 0 Å². The summed E-state index contributed by atoms with van der Waals surface area (Å²) in [7, 11) is 1.68. The fourth-order valence-electron chi connectivity index (χ4n) is 3.72. The molecular formula is C18H20N2O3. The summed E-state index contributed by atoms with van der Waals surface area (Å²) in [6.45, 7) is 1.57. The van der Waals surface area contributed by atoms with E-state index in [0.717, 1.165) is 37.9 Å². The number of carbonyl (C=O) groups is 1. The fourth-order valence-corrected chi connectivity index (χ4v) is 3.72. The molecule has 1 aliphatic heterocycles. The maximum atomic E-state index is 12.7. The lowest BCUT2D eigenvalue weighted by atomic mass is 9.96. The van der Waals surface area contributed by atoms with E-state index in [-0.39, 0.29) is 22.9 Å². The zero-order valence-corrected chi connectivity index (χ0v) is 13.2. The highest BCUT2D eigenvalue weighted by Crippen LogP contribution is 2.53. The van der Waals surface area contributed by atoms with Crippen LogP contribution < -0.4 is 10.9 Å². The van der Waals surface area contributed by atoms with Gasteiger partial charge in [-0.25, -0.2) is 0 Å². The number of hydrogen-bond donors (Lipinski definition) is 1. The zero-order chi connectivity index (χ0) is 16.0. The van der Waals surface area contributed by atoms with Crippen LogP contribution in [0.1, 0.15) is 29.6 Å². The summed E-state index contributed by atoms with van der Waals surface area (Å²) in [5.41, 5.74) is 0.728. The van der Waals surface area contributed by atoms with Crippen molar-refractivity contribution in [2.75, 3.05) is 13.2 Å². The molecule has 2 aliphatic rings. The van der Waals surface area contributed by atoms with Crippen molar-refractivity contribution >= 4 is 16.7 Å². The van der Waals surface area contributed by atoms with Gasteiger partial charge in [-0.1, -0.05) is 18.2 Å². The molecule has 1 spiro atoms. The molecule has 1 aromatic heterocycles. The van der Waals surface area contributed by atoms with Crippen LogP contribution >= 0.6 is 0 Å². The van der Waals surface area contributed by atoms with Crippen LogP contribution in [0, 0.1) is 5.41 Å². The molecule has 1 amide bonds. The van der Waals surface area contributed by atoms with Crippen molar-refractivity contribution in [2.45, 2.75) is 25.3 Å². The summed E-state index contributed by atoms with van der Waals surface area (Å²) in [5.74, 6) is -0.0924. The lowest BCUT2D eigenvalue weighted by molar-refractivity contribution is 0.0535. The van der Waals surface area contributed by atoms with Gasteiger partial charge in [-0.05, 0) is 30.7 Å². The van der Waals surface area contributed by atoms with Gasteiger partial charge in [-0.2, -0.15) is 0 Å². The monoisotopic (exact) mass is 312 g/mol. The summed E-state index contributed by atoms with van der Waals surface area (Å²) in [4.78, 5) is 24.9. The molecule has 1 saturated heterocycles. The molecule has 1 aromatic carbocycles. The maximum Gasteiger partial charge on any atom is 0.258 e. The van der Waals surface area contributed by atoms with Crippen LogP contribution in [-0.2, 0) is 11.8 Å². The van der Waals surface area contributed by atoms with Crippen LogP contribution in [0.2, 0.25) is 0 Å². The molecule has 0 radical (unpaired) electrons. The van der Waals surface area contributed by atoms with E-state index in [4.69, 9.17) is 4.74 Å². The molecule has 5 heteroatoms. The molecule has 1 N–H and O–H groups in total. The minimum atomic E-state index is -0.0924. The molecule has 4 rings (SSSR count). The average Bonchev–Trinajstić information content (AvgIpc) is 3.22. The quantitative estimate of drug-likeness (QED) is 0.920. The van der Waals surface area contributed by atoms with Crippen LogP contribution in [0.25, 0.3) is 10.8 Å². The molecule has 2 aromatic rings. The minimum absolute atomic E-state index is 0.0792. The third kappa shape index (κ3) is 2.36. The van der Waals surface area contributed by atoms with Crippen LogP contribution in [-0.4, -0.2) is 29.7 Å². The number of rotatable bonds is 2. The Hall–Kier alpha value is -2.14. The van der Waals surface area contributed by atoms with E-state index in [9.17, 15) is 9.59 Å². The first-order valence-electron chi connectivity index (χ1n) is 8.08. The van der Waals surface area contributed by atoms with Crippen LogP contribution in [0.4, 0.5) is 0 Å². The third-order valence-electron chi connectivity index (χ3n) is 5.32. The highest BCUT2D eigenvalue weighted by atomic mass is 16.5. The smallest absolute Gasteiger partial charge is 0.258 e. The highest BCUT2D eigenvalue weighted by Gasteiger charge is 2.55. The largest absolute Gasteiger partial charge is 0.381 e. The van der Waals surface area contributed by atoms with Crippen molar-refractivity contribution in [1.82, 2.24) is 9.88 Å². The molecule has 120 valence electrons. The molecule has 2 fully saturated rings. The first kappa shape index (κ1) is 14.5. The van der Waals surface area contributed by atoms with Gasteiger partial charge in [0.15, 0.2) is 0 Å². The van der Waals surface area contributed by atoms with Gasteiger partial charge < -0.3 is 14.6 Å². The van der Waals surface area contributed by atoms with Gasteiger partial charge in [-0.15, -0.1) is 0 Å². The van der Waals surface area contributed by atoms with Crippen molar-refractivity contribution < 1.29 is 9.53 Å². The summed E-state index contributed by atoms with van der Waals surface area (Å²) < 4.78 is 6.90. The van der Waals surface area contributed by atoms with E-state index in [1.54, 1.807) is 19.3 Å². The van der Waals surface area contributed by atoms with Gasteiger partial charge in [0.05, 0.1) is 5.56 Å². The van der Waals surface area contributed by atoms with Crippen molar-refractivity contribution in [3.8, 4) is 0 Å². The number of fused-ring (bicyclic) bond motifs is 1. The van der Waals surface area contributed by atoms with Crippen LogP contribution in [0.15, 0.2) is 35.3 Å². The Morgan fingerprint density at radius 3 is 2.70 bits per heavy atom. The number of aromatic nitrogens is 1. The number of benzene rings is 1. The fraction of sp³-hybridized carbons (Fsp3) is 0.444. The zero-order valence-electron chi connectivity index (χ0n) is 13.2. The second-order valence-electron chi connectivity index (χ2n) is 6.71. The van der Waals surface area contributed by atoms with E-state index >= 15 is 0 Å². The summed E-state index contributed by atoms with van der Waals surface area (Å²) in [6, 6.07) is 7.52. The van der Waals surface area contributed by atoms with Crippen molar-refractivity contribution in [3.63, 3.8) is 0 Å². The Balaban J connectivity index is 1.63. The number of pyridine rings is 1. The standard InChI is InChI=1S/C18H20N2O3/c1-20-11-14(12-4-2-3-5-13(12)17(20)22)16(21)19-15-10-18(15)6-8-23-9-7-18/h2-5,11,15H,6-10H2,1H3,(H,19,21). The normalized spacial score (nSPS) is 22.2.